The van der Waals surface area contributed by atoms with Gasteiger partial charge < -0.3 is 48.2 Å². The van der Waals surface area contributed by atoms with E-state index >= 15 is 0 Å². The van der Waals surface area contributed by atoms with Gasteiger partial charge in [0.25, 0.3) is 0 Å². The fourth-order valence-corrected chi connectivity index (χ4v) is 3.57. The Morgan fingerprint density at radius 2 is 1.45 bits per heavy atom. The van der Waals surface area contributed by atoms with Crippen molar-refractivity contribution >= 4 is 42.3 Å². The Balaban J connectivity index is 2.04. The molecule has 0 aliphatic heterocycles. The largest absolute Gasteiger partial charge is 0.480 e. The third-order valence-electron chi connectivity index (χ3n) is 5.33. The number of carboxylic acid groups (broad SMARTS) is 1. The van der Waals surface area contributed by atoms with Gasteiger partial charge >= 0.3 is 5.97 Å². The number of imidazole rings is 2. The van der Waals surface area contributed by atoms with Crippen molar-refractivity contribution in [3.05, 3.63) is 36.4 Å². The van der Waals surface area contributed by atoms with E-state index in [9.17, 15) is 24.3 Å². The van der Waals surface area contributed by atoms with Crippen molar-refractivity contribution in [2.45, 2.75) is 49.9 Å². The molecule has 0 radical (unpaired) electrons. The van der Waals surface area contributed by atoms with Gasteiger partial charge in [-0.2, -0.15) is 12.6 Å². The van der Waals surface area contributed by atoms with Crippen molar-refractivity contribution in [3.8, 4) is 0 Å². The lowest BCUT2D eigenvalue weighted by Crippen LogP contribution is -2.58. The maximum Gasteiger partial charge on any atom is 0.326 e. The van der Waals surface area contributed by atoms with E-state index in [2.05, 4.69) is 53.5 Å². The number of nitrogens with two attached hydrogens (primary N) is 3. The standard InChI is InChI=1S/C21H33N11O5S/c22-13(2-1-3-27-21(23)24)17(33)30-14(4-11-6-25-9-28-11)18(34)32-16(8-38)19(35)31-15(20(36)37)5-12-7-26-10-29-12/h6-7,9-10,13-16,38H,1-5,8,22H2,(H,25,28)(H,26,29)(H,30,33)(H,31,35)(H,32,34)(H,36,37)(H4,23,24,27). The fourth-order valence-electron chi connectivity index (χ4n) is 3.31. The van der Waals surface area contributed by atoms with Gasteiger partial charge in [-0.25, -0.2) is 14.8 Å². The second-order valence-corrected chi connectivity index (χ2v) is 8.69. The summed E-state index contributed by atoms with van der Waals surface area (Å²) in [6.45, 7) is 0.290. The molecule has 208 valence electrons. The van der Waals surface area contributed by atoms with Crippen LogP contribution in [0.2, 0.25) is 0 Å². The predicted molar refractivity (Wildman–Crippen MR) is 140 cm³/mol. The minimum absolute atomic E-state index is 0.0246. The van der Waals surface area contributed by atoms with Gasteiger partial charge in [-0.15, -0.1) is 0 Å². The zero-order valence-corrected chi connectivity index (χ0v) is 21.4. The molecule has 0 fully saturated rings. The summed E-state index contributed by atoms with van der Waals surface area (Å²) in [5, 5.41) is 17.0. The fraction of sp³-hybridized carbons (Fsp3) is 0.476. The van der Waals surface area contributed by atoms with Crippen LogP contribution in [0, 0.1) is 0 Å². The molecule has 2 heterocycles. The number of carbonyl (C=O) groups excluding carboxylic acids is 3. The first-order chi connectivity index (χ1) is 18.1. The molecule has 0 saturated carbocycles. The normalized spacial score (nSPS) is 13.9. The van der Waals surface area contributed by atoms with Crippen molar-refractivity contribution in [2.24, 2.45) is 22.2 Å². The minimum atomic E-state index is -1.28. The molecule has 38 heavy (non-hydrogen) atoms. The highest BCUT2D eigenvalue weighted by Gasteiger charge is 2.30. The summed E-state index contributed by atoms with van der Waals surface area (Å²) in [6, 6.07) is -4.53. The Kier molecular flexibility index (Phi) is 12.0. The van der Waals surface area contributed by atoms with Gasteiger partial charge in [0.1, 0.15) is 18.1 Å². The molecule has 0 spiro atoms. The lowest BCUT2D eigenvalue weighted by Gasteiger charge is -2.24. The van der Waals surface area contributed by atoms with E-state index in [-0.39, 0.29) is 37.5 Å². The smallest absolute Gasteiger partial charge is 0.326 e. The van der Waals surface area contributed by atoms with Crippen LogP contribution in [0.4, 0.5) is 0 Å². The van der Waals surface area contributed by atoms with Crippen LogP contribution in [0.1, 0.15) is 24.2 Å². The number of carbonyl (C=O) groups is 4. The van der Waals surface area contributed by atoms with Crippen LogP contribution in [-0.4, -0.2) is 91.2 Å². The number of guanidine groups is 1. The molecule has 2 aromatic rings. The molecule has 0 bridgehead atoms. The summed E-state index contributed by atoms with van der Waals surface area (Å²) in [5.74, 6) is -3.53. The van der Waals surface area contributed by atoms with Gasteiger partial charge in [0.2, 0.25) is 17.7 Å². The number of nitrogens with one attached hydrogen (secondary N) is 5. The summed E-state index contributed by atoms with van der Waals surface area (Å²) < 4.78 is 0. The summed E-state index contributed by atoms with van der Waals surface area (Å²) in [6.07, 6.45) is 6.40. The Morgan fingerprint density at radius 1 is 0.921 bits per heavy atom. The molecule has 16 nitrogen and oxygen atoms in total. The van der Waals surface area contributed by atoms with Crippen LogP contribution in [0.3, 0.4) is 0 Å². The number of nitrogens with zero attached hydrogens (tertiary/aromatic N) is 3. The van der Waals surface area contributed by atoms with Gasteiger partial charge in [0, 0.05) is 48.9 Å². The number of amides is 3. The molecule has 0 aliphatic rings. The van der Waals surface area contributed by atoms with Crippen LogP contribution in [0.15, 0.2) is 30.0 Å². The Morgan fingerprint density at radius 3 is 1.95 bits per heavy atom. The SMILES string of the molecule is NC(N)=NCCCC(N)C(=O)NC(Cc1cnc[nH]1)C(=O)NC(CS)C(=O)NC(Cc1cnc[nH]1)C(=O)O. The van der Waals surface area contributed by atoms with E-state index in [1.807, 2.05) is 0 Å². The molecule has 0 saturated heterocycles. The molecule has 0 aromatic carbocycles. The van der Waals surface area contributed by atoms with Crippen LogP contribution in [0.25, 0.3) is 0 Å². The zero-order valence-electron chi connectivity index (χ0n) is 20.5. The summed E-state index contributed by atoms with van der Waals surface area (Å²) >= 11 is 4.12. The molecular formula is C21H33N11O5S. The predicted octanol–water partition coefficient (Wildman–Crippen LogP) is -3.23. The first-order valence-electron chi connectivity index (χ1n) is 11.6. The number of H-pyrrole nitrogens is 2. The Labute approximate surface area is 223 Å². The van der Waals surface area contributed by atoms with E-state index in [4.69, 9.17) is 17.2 Å². The number of carboxylic acids is 1. The zero-order chi connectivity index (χ0) is 28.1. The monoisotopic (exact) mass is 551 g/mol. The number of hydrogen-bond acceptors (Lipinski definition) is 9. The van der Waals surface area contributed by atoms with E-state index in [1.54, 1.807) is 0 Å². The number of aromatic amines is 2. The number of aliphatic carboxylic acids is 1. The molecule has 17 heteroatoms. The topological polar surface area (TPSA) is 272 Å². The van der Waals surface area contributed by atoms with Gasteiger partial charge in [-0.05, 0) is 12.8 Å². The van der Waals surface area contributed by atoms with Gasteiger partial charge in [0.05, 0.1) is 18.7 Å². The van der Waals surface area contributed by atoms with Gasteiger partial charge in [-0.1, -0.05) is 0 Å². The van der Waals surface area contributed by atoms with Crippen LogP contribution in [0.5, 0.6) is 0 Å². The Hall–Kier alpha value is -4.12. The maximum atomic E-state index is 13.1. The highest BCUT2D eigenvalue weighted by atomic mass is 32.1. The summed E-state index contributed by atoms with van der Waals surface area (Å²) in [4.78, 5) is 67.4. The van der Waals surface area contributed by atoms with E-state index in [0.29, 0.717) is 17.8 Å². The molecule has 2 aromatic heterocycles. The average molecular weight is 552 g/mol. The van der Waals surface area contributed by atoms with E-state index in [1.165, 1.54) is 25.0 Å². The third-order valence-corrected chi connectivity index (χ3v) is 5.69. The van der Waals surface area contributed by atoms with Crippen molar-refractivity contribution in [3.63, 3.8) is 0 Å². The number of aromatic nitrogens is 4. The van der Waals surface area contributed by atoms with Crippen molar-refractivity contribution in [1.29, 1.82) is 0 Å². The van der Waals surface area contributed by atoms with Crippen molar-refractivity contribution in [1.82, 2.24) is 35.9 Å². The number of aliphatic imine (C=N–C) groups is 1. The van der Waals surface area contributed by atoms with Crippen molar-refractivity contribution < 1.29 is 24.3 Å². The van der Waals surface area contributed by atoms with Gasteiger partial charge in [-0.3, -0.25) is 19.4 Å². The maximum absolute atomic E-state index is 13.1. The molecule has 12 N–H and O–H groups in total. The molecular weight excluding hydrogens is 518 g/mol. The molecule has 4 unspecified atom stereocenters. The highest BCUT2D eigenvalue weighted by molar-refractivity contribution is 7.80. The quantitative estimate of drug-likeness (QED) is 0.0431. The van der Waals surface area contributed by atoms with Gasteiger partial charge in [0.15, 0.2) is 5.96 Å². The number of rotatable bonds is 16. The van der Waals surface area contributed by atoms with Crippen molar-refractivity contribution in [2.75, 3.05) is 12.3 Å². The first-order valence-corrected chi connectivity index (χ1v) is 12.2. The average Bonchev–Trinajstić information content (AvgIpc) is 3.58. The summed E-state index contributed by atoms with van der Waals surface area (Å²) in [7, 11) is 0. The molecule has 2 rings (SSSR count). The summed E-state index contributed by atoms with van der Waals surface area (Å²) in [5.41, 5.74) is 17.6. The second kappa shape index (κ2) is 15.2. The van der Waals surface area contributed by atoms with E-state index < -0.39 is 47.9 Å². The number of thiol groups is 1. The van der Waals surface area contributed by atoms with Crippen LogP contribution in [-0.2, 0) is 32.0 Å². The minimum Gasteiger partial charge on any atom is -0.480 e. The molecule has 3 amide bonds. The Bertz CT molecular complexity index is 1070. The molecule has 0 aliphatic carbocycles. The lowest BCUT2D eigenvalue weighted by atomic mass is 10.1. The third kappa shape index (κ3) is 10.1. The van der Waals surface area contributed by atoms with E-state index in [0.717, 1.165) is 0 Å². The lowest BCUT2D eigenvalue weighted by molar-refractivity contribution is -0.142. The number of hydrogen-bond donors (Lipinski definition) is 10. The first kappa shape index (κ1) is 30.1. The second-order valence-electron chi connectivity index (χ2n) is 8.32. The van der Waals surface area contributed by atoms with Crippen LogP contribution >= 0.6 is 12.6 Å². The molecule has 4 atom stereocenters. The van der Waals surface area contributed by atoms with Crippen LogP contribution < -0.4 is 33.2 Å². The highest BCUT2D eigenvalue weighted by Crippen LogP contribution is 2.04.